The first-order valence-corrected chi connectivity index (χ1v) is 6.35. The Kier molecular flexibility index (Phi) is 4.01. The van der Waals surface area contributed by atoms with E-state index in [0.717, 1.165) is 13.2 Å². The summed E-state index contributed by atoms with van der Waals surface area (Å²) in [5, 5.41) is 7.83. The lowest BCUT2D eigenvalue weighted by Gasteiger charge is -2.17. The fourth-order valence-electron chi connectivity index (χ4n) is 2.52. The molecule has 15 heavy (non-hydrogen) atoms. The van der Waals surface area contributed by atoms with Crippen molar-refractivity contribution >= 4 is 5.71 Å². The summed E-state index contributed by atoms with van der Waals surface area (Å²) < 4.78 is 0. The third-order valence-electron chi connectivity index (χ3n) is 3.44. The highest BCUT2D eigenvalue weighted by Crippen LogP contribution is 2.23. The molecule has 1 N–H and O–H groups in total. The van der Waals surface area contributed by atoms with Crippen molar-refractivity contribution in [2.24, 2.45) is 11.1 Å². The Morgan fingerprint density at radius 3 is 3.27 bits per heavy atom. The molecule has 2 rings (SSSR count). The molecule has 0 aromatic heterocycles. The summed E-state index contributed by atoms with van der Waals surface area (Å²) >= 11 is 0. The molecule has 3 nitrogen and oxygen atoms in total. The van der Waals surface area contributed by atoms with Crippen LogP contribution >= 0.6 is 0 Å². The van der Waals surface area contributed by atoms with E-state index in [-0.39, 0.29) is 0 Å². The number of nitrogens with zero attached hydrogens (tertiary/aromatic N) is 1. The van der Waals surface area contributed by atoms with Crippen molar-refractivity contribution in [1.82, 2.24) is 5.32 Å². The molecular weight excluding hydrogens is 188 g/mol. The second-order valence-corrected chi connectivity index (χ2v) is 4.65. The van der Waals surface area contributed by atoms with E-state index in [1.807, 2.05) is 0 Å². The number of fused-ring (bicyclic) bond motifs is 1. The molecule has 2 heterocycles. The van der Waals surface area contributed by atoms with Gasteiger partial charge in [-0.2, -0.15) is 0 Å². The fraction of sp³-hybridized carbons (Fsp3) is 0.917. The van der Waals surface area contributed by atoms with Gasteiger partial charge in [0.05, 0.1) is 5.71 Å². The van der Waals surface area contributed by atoms with Crippen molar-refractivity contribution in [2.45, 2.75) is 51.5 Å². The smallest absolute Gasteiger partial charge is 0.125 e. The van der Waals surface area contributed by atoms with Crippen LogP contribution in [-0.2, 0) is 4.84 Å². The summed E-state index contributed by atoms with van der Waals surface area (Å²) in [6, 6.07) is 0.492. The number of hydrogen-bond donors (Lipinski definition) is 1. The van der Waals surface area contributed by atoms with E-state index in [0.29, 0.717) is 12.0 Å². The molecular formula is C12H22N2O. The van der Waals surface area contributed by atoms with Gasteiger partial charge < -0.3 is 10.2 Å². The van der Waals surface area contributed by atoms with Crippen LogP contribution in [0, 0.1) is 5.92 Å². The van der Waals surface area contributed by atoms with Gasteiger partial charge in [-0.3, -0.25) is 0 Å². The number of oxime groups is 1. The van der Waals surface area contributed by atoms with Crippen molar-refractivity contribution in [3.05, 3.63) is 0 Å². The highest BCUT2D eigenvalue weighted by atomic mass is 16.6. The van der Waals surface area contributed by atoms with Crippen molar-refractivity contribution in [3.63, 3.8) is 0 Å². The van der Waals surface area contributed by atoms with Gasteiger partial charge in [0, 0.05) is 12.0 Å². The topological polar surface area (TPSA) is 33.6 Å². The summed E-state index contributed by atoms with van der Waals surface area (Å²) in [5.74, 6) is 0.603. The van der Waals surface area contributed by atoms with Crippen molar-refractivity contribution in [2.75, 3.05) is 13.2 Å². The Morgan fingerprint density at radius 2 is 2.40 bits per heavy atom. The molecule has 0 amide bonds. The van der Waals surface area contributed by atoms with Crippen LogP contribution in [0.25, 0.3) is 0 Å². The standard InChI is InChI=1S/C12H22N2O/c1-2-3-4-7-11-12-10(9-15-14-12)6-5-8-13-11/h10-11,13H,2-9H2,1H3/t10-,11+/m1/s1. The van der Waals surface area contributed by atoms with E-state index in [2.05, 4.69) is 17.4 Å². The van der Waals surface area contributed by atoms with Gasteiger partial charge in [0.2, 0.25) is 0 Å². The van der Waals surface area contributed by atoms with E-state index < -0.39 is 0 Å². The van der Waals surface area contributed by atoms with Crippen LogP contribution in [0.5, 0.6) is 0 Å². The minimum atomic E-state index is 0.492. The van der Waals surface area contributed by atoms with Gasteiger partial charge in [0.1, 0.15) is 6.61 Å². The highest BCUT2D eigenvalue weighted by molar-refractivity contribution is 5.92. The van der Waals surface area contributed by atoms with E-state index in [4.69, 9.17) is 4.84 Å². The molecule has 2 atom stereocenters. The van der Waals surface area contributed by atoms with E-state index in [1.165, 1.54) is 44.2 Å². The molecule has 2 aliphatic heterocycles. The zero-order valence-electron chi connectivity index (χ0n) is 9.67. The largest absolute Gasteiger partial charge is 0.395 e. The minimum absolute atomic E-state index is 0.492. The molecule has 1 fully saturated rings. The number of hydrogen-bond acceptors (Lipinski definition) is 3. The van der Waals surface area contributed by atoms with Gasteiger partial charge in [0.25, 0.3) is 0 Å². The van der Waals surface area contributed by atoms with Crippen molar-refractivity contribution < 1.29 is 4.84 Å². The Morgan fingerprint density at radius 1 is 1.47 bits per heavy atom. The maximum Gasteiger partial charge on any atom is 0.125 e. The molecule has 0 saturated carbocycles. The molecule has 0 bridgehead atoms. The molecule has 0 aromatic rings. The molecule has 86 valence electrons. The zero-order chi connectivity index (χ0) is 10.5. The first-order valence-electron chi connectivity index (χ1n) is 6.35. The first-order chi connectivity index (χ1) is 7.42. The lowest BCUT2D eigenvalue weighted by Crippen LogP contribution is -2.37. The maximum absolute atomic E-state index is 5.23. The zero-order valence-corrected chi connectivity index (χ0v) is 9.67. The lowest BCUT2D eigenvalue weighted by molar-refractivity contribution is 0.152. The summed E-state index contributed by atoms with van der Waals surface area (Å²) in [5.41, 5.74) is 1.30. The van der Waals surface area contributed by atoms with Crippen LogP contribution in [0.4, 0.5) is 0 Å². The lowest BCUT2D eigenvalue weighted by atomic mass is 9.93. The number of unbranched alkanes of at least 4 members (excludes halogenated alkanes) is 2. The number of nitrogens with one attached hydrogen (secondary N) is 1. The van der Waals surface area contributed by atoms with Gasteiger partial charge >= 0.3 is 0 Å². The van der Waals surface area contributed by atoms with Crippen LogP contribution < -0.4 is 5.32 Å². The molecule has 1 saturated heterocycles. The van der Waals surface area contributed by atoms with E-state index >= 15 is 0 Å². The van der Waals surface area contributed by atoms with Crippen molar-refractivity contribution in [1.29, 1.82) is 0 Å². The quantitative estimate of drug-likeness (QED) is 0.722. The monoisotopic (exact) mass is 210 g/mol. The Balaban J connectivity index is 1.89. The number of rotatable bonds is 4. The third-order valence-corrected chi connectivity index (χ3v) is 3.44. The second-order valence-electron chi connectivity index (χ2n) is 4.65. The molecule has 0 aliphatic carbocycles. The fourth-order valence-corrected chi connectivity index (χ4v) is 2.52. The van der Waals surface area contributed by atoms with Crippen LogP contribution in [0.2, 0.25) is 0 Å². The average molecular weight is 210 g/mol. The molecule has 0 radical (unpaired) electrons. The molecule has 2 aliphatic rings. The Bertz CT molecular complexity index is 228. The van der Waals surface area contributed by atoms with Gasteiger partial charge in [-0.25, -0.2) is 0 Å². The predicted molar refractivity (Wildman–Crippen MR) is 62.0 cm³/mol. The summed E-state index contributed by atoms with van der Waals surface area (Å²) in [6.45, 7) is 4.22. The van der Waals surface area contributed by atoms with Crippen LogP contribution in [0.1, 0.15) is 45.4 Å². The minimum Gasteiger partial charge on any atom is -0.395 e. The molecule has 0 unspecified atom stereocenters. The molecule has 0 aromatic carbocycles. The molecule has 0 spiro atoms. The van der Waals surface area contributed by atoms with E-state index in [1.54, 1.807) is 0 Å². The van der Waals surface area contributed by atoms with Crippen molar-refractivity contribution in [3.8, 4) is 0 Å². The summed E-state index contributed by atoms with van der Waals surface area (Å²) in [7, 11) is 0. The SMILES string of the molecule is CCCCC[C@@H]1NCCC[C@@H]2CON=C21. The van der Waals surface area contributed by atoms with E-state index in [9.17, 15) is 0 Å². The maximum atomic E-state index is 5.23. The van der Waals surface area contributed by atoms with Crippen LogP contribution in [0.15, 0.2) is 5.16 Å². The Hall–Kier alpha value is -0.570. The first kappa shape index (κ1) is 10.9. The highest BCUT2D eigenvalue weighted by Gasteiger charge is 2.31. The van der Waals surface area contributed by atoms with Crippen LogP contribution in [-0.4, -0.2) is 24.9 Å². The normalized spacial score (nSPS) is 30.3. The van der Waals surface area contributed by atoms with Gasteiger partial charge in [-0.15, -0.1) is 0 Å². The summed E-state index contributed by atoms with van der Waals surface area (Å²) in [4.78, 5) is 5.23. The van der Waals surface area contributed by atoms with Crippen LogP contribution in [0.3, 0.4) is 0 Å². The molecule has 3 heteroatoms. The third kappa shape index (κ3) is 2.71. The predicted octanol–water partition coefficient (Wildman–Crippen LogP) is 2.32. The van der Waals surface area contributed by atoms with Gasteiger partial charge in [0.15, 0.2) is 0 Å². The van der Waals surface area contributed by atoms with Gasteiger partial charge in [-0.1, -0.05) is 31.3 Å². The van der Waals surface area contributed by atoms with Gasteiger partial charge in [-0.05, 0) is 25.8 Å². The second kappa shape index (κ2) is 5.50. The average Bonchev–Trinajstić information content (AvgIpc) is 2.63. The summed E-state index contributed by atoms with van der Waals surface area (Å²) in [6.07, 6.45) is 7.66. The Labute approximate surface area is 92.3 Å².